The molecule has 2 N–H and O–H groups in total. The normalized spacial score (nSPS) is 11.0. The van der Waals surface area contributed by atoms with Crippen molar-refractivity contribution >= 4 is 5.82 Å². The molecule has 0 atom stereocenters. The van der Waals surface area contributed by atoms with Crippen LogP contribution in [0.4, 0.5) is 10.2 Å². The van der Waals surface area contributed by atoms with Crippen molar-refractivity contribution < 1.29 is 4.39 Å². The van der Waals surface area contributed by atoms with Gasteiger partial charge >= 0.3 is 0 Å². The molecule has 0 fully saturated rings. The van der Waals surface area contributed by atoms with E-state index in [4.69, 9.17) is 5.73 Å². The lowest BCUT2D eigenvalue weighted by Crippen LogP contribution is -2.12. The van der Waals surface area contributed by atoms with Crippen molar-refractivity contribution in [1.82, 2.24) is 24.5 Å². The first-order valence-corrected chi connectivity index (χ1v) is 7.84. The minimum atomic E-state index is -0.532. The molecule has 0 aliphatic carbocycles. The highest BCUT2D eigenvalue weighted by molar-refractivity contribution is 5.50. The van der Waals surface area contributed by atoms with E-state index < -0.39 is 5.95 Å². The standard InChI is InChI=1S/C17H19FN6/c1-3-5-12-14(21-11(2)22-16(12)19)10-24-9-8-20-17(24)13-6-4-7-15(18)23-13/h4,6-9H,3,5,10H2,1-2H3,(H2,19,21,22). The van der Waals surface area contributed by atoms with Gasteiger partial charge in [-0.25, -0.2) is 19.9 Å². The Bertz CT molecular complexity index is 858. The van der Waals surface area contributed by atoms with Gasteiger partial charge in [0.1, 0.15) is 17.3 Å². The summed E-state index contributed by atoms with van der Waals surface area (Å²) < 4.78 is 15.3. The van der Waals surface area contributed by atoms with E-state index in [1.165, 1.54) is 6.07 Å². The molecule has 124 valence electrons. The molecule has 0 bridgehead atoms. The molecule has 24 heavy (non-hydrogen) atoms. The first kappa shape index (κ1) is 16.0. The molecule has 3 heterocycles. The number of hydrogen-bond acceptors (Lipinski definition) is 5. The van der Waals surface area contributed by atoms with Crippen LogP contribution in [0, 0.1) is 12.9 Å². The molecular formula is C17H19FN6. The maximum Gasteiger partial charge on any atom is 0.213 e. The smallest absolute Gasteiger partial charge is 0.213 e. The summed E-state index contributed by atoms with van der Waals surface area (Å²) in [4.78, 5) is 17.0. The van der Waals surface area contributed by atoms with E-state index in [1.807, 2.05) is 17.7 Å². The molecule has 3 rings (SSSR count). The largest absolute Gasteiger partial charge is 0.383 e. The Kier molecular flexibility index (Phi) is 4.50. The molecule has 0 saturated carbocycles. The summed E-state index contributed by atoms with van der Waals surface area (Å²) in [7, 11) is 0. The molecule has 0 unspecified atom stereocenters. The predicted molar refractivity (Wildman–Crippen MR) is 89.7 cm³/mol. The van der Waals surface area contributed by atoms with E-state index in [2.05, 4.69) is 26.9 Å². The third-order valence-corrected chi connectivity index (χ3v) is 3.72. The van der Waals surface area contributed by atoms with Crippen LogP contribution in [0.3, 0.4) is 0 Å². The first-order chi connectivity index (χ1) is 11.6. The van der Waals surface area contributed by atoms with Crippen LogP contribution in [-0.4, -0.2) is 24.5 Å². The van der Waals surface area contributed by atoms with E-state index in [9.17, 15) is 4.39 Å². The zero-order valence-corrected chi connectivity index (χ0v) is 13.7. The minimum absolute atomic E-state index is 0.482. The van der Waals surface area contributed by atoms with E-state index >= 15 is 0 Å². The zero-order chi connectivity index (χ0) is 17.1. The maximum absolute atomic E-state index is 13.4. The number of nitrogens with two attached hydrogens (primary N) is 1. The fourth-order valence-corrected chi connectivity index (χ4v) is 2.69. The Balaban J connectivity index is 2.00. The fraction of sp³-hybridized carbons (Fsp3) is 0.294. The highest BCUT2D eigenvalue weighted by Gasteiger charge is 2.14. The molecule has 3 aromatic heterocycles. The Hall–Kier alpha value is -2.83. The molecule has 0 aromatic carbocycles. The number of aromatic nitrogens is 5. The van der Waals surface area contributed by atoms with Crippen molar-refractivity contribution in [3.63, 3.8) is 0 Å². The third-order valence-electron chi connectivity index (χ3n) is 3.72. The van der Waals surface area contributed by atoms with Gasteiger partial charge in [-0.1, -0.05) is 19.4 Å². The van der Waals surface area contributed by atoms with Gasteiger partial charge in [-0.2, -0.15) is 4.39 Å². The molecule has 0 spiro atoms. The summed E-state index contributed by atoms with van der Waals surface area (Å²) in [5.41, 5.74) is 8.36. The van der Waals surface area contributed by atoms with Gasteiger partial charge in [-0.05, 0) is 25.5 Å². The number of nitrogen functional groups attached to an aromatic ring is 1. The van der Waals surface area contributed by atoms with Crippen LogP contribution in [0.5, 0.6) is 0 Å². The van der Waals surface area contributed by atoms with Gasteiger partial charge in [-0.15, -0.1) is 0 Å². The molecule has 0 aliphatic heterocycles. The minimum Gasteiger partial charge on any atom is -0.383 e. The van der Waals surface area contributed by atoms with Crippen molar-refractivity contribution in [1.29, 1.82) is 0 Å². The summed E-state index contributed by atoms with van der Waals surface area (Å²) in [6.45, 7) is 4.39. The van der Waals surface area contributed by atoms with Gasteiger partial charge in [0.15, 0.2) is 5.82 Å². The SMILES string of the molecule is CCCc1c(N)nc(C)nc1Cn1ccnc1-c1cccc(F)n1. The van der Waals surface area contributed by atoms with Crippen LogP contribution in [0.1, 0.15) is 30.4 Å². The van der Waals surface area contributed by atoms with Crippen molar-refractivity contribution in [2.45, 2.75) is 33.2 Å². The number of anilines is 1. The Morgan fingerprint density at radius 3 is 2.79 bits per heavy atom. The number of imidazole rings is 1. The molecule has 0 amide bonds. The predicted octanol–water partition coefficient (Wildman–Crippen LogP) is 2.77. The van der Waals surface area contributed by atoms with Gasteiger partial charge in [0.2, 0.25) is 5.95 Å². The Morgan fingerprint density at radius 1 is 1.21 bits per heavy atom. The second kappa shape index (κ2) is 6.74. The van der Waals surface area contributed by atoms with Crippen LogP contribution < -0.4 is 5.73 Å². The quantitative estimate of drug-likeness (QED) is 0.729. The maximum atomic E-state index is 13.4. The lowest BCUT2D eigenvalue weighted by Gasteiger charge is -2.13. The Labute approximate surface area is 139 Å². The van der Waals surface area contributed by atoms with Crippen molar-refractivity contribution in [3.8, 4) is 11.5 Å². The second-order valence-corrected chi connectivity index (χ2v) is 5.56. The molecule has 6 nitrogen and oxygen atoms in total. The molecule has 0 radical (unpaired) electrons. The second-order valence-electron chi connectivity index (χ2n) is 5.56. The summed E-state index contributed by atoms with van der Waals surface area (Å²) in [6, 6.07) is 4.66. The van der Waals surface area contributed by atoms with E-state index in [1.54, 1.807) is 18.3 Å². The van der Waals surface area contributed by atoms with Crippen LogP contribution >= 0.6 is 0 Å². The molecule has 7 heteroatoms. The van der Waals surface area contributed by atoms with Crippen LogP contribution in [0.25, 0.3) is 11.5 Å². The first-order valence-electron chi connectivity index (χ1n) is 7.84. The lowest BCUT2D eigenvalue weighted by atomic mass is 10.1. The van der Waals surface area contributed by atoms with Gasteiger partial charge in [0.25, 0.3) is 0 Å². The van der Waals surface area contributed by atoms with Crippen molar-refractivity contribution in [3.05, 3.63) is 53.6 Å². The van der Waals surface area contributed by atoms with Crippen molar-refractivity contribution in [2.24, 2.45) is 0 Å². The molecule has 0 saturated heterocycles. The summed E-state index contributed by atoms with van der Waals surface area (Å²) in [5, 5.41) is 0. The van der Waals surface area contributed by atoms with E-state index in [-0.39, 0.29) is 0 Å². The number of pyridine rings is 1. The highest BCUT2D eigenvalue weighted by atomic mass is 19.1. The number of nitrogens with zero attached hydrogens (tertiary/aromatic N) is 5. The molecular weight excluding hydrogens is 307 g/mol. The number of rotatable bonds is 5. The van der Waals surface area contributed by atoms with E-state index in [0.717, 1.165) is 24.1 Å². The zero-order valence-electron chi connectivity index (χ0n) is 13.7. The van der Waals surface area contributed by atoms with Crippen LogP contribution in [0.2, 0.25) is 0 Å². The van der Waals surface area contributed by atoms with Gasteiger partial charge < -0.3 is 10.3 Å². The van der Waals surface area contributed by atoms with Crippen molar-refractivity contribution in [2.75, 3.05) is 5.73 Å². The number of aryl methyl sites for hydroxylation is 1. The summed E-state index contributed by atoms with van der Waals surface area (Å²) in [6.07, 6.45) is 5.25. The van der Waals surface area contributed by atoms with E-state index in [0.29, 0.717) is 29.7 Å². The third kappa shape index (κ3) is 3.24. The summed E-state index contributed by atoms with van der Waals surface area (Å²) >= 11 is 0. The monoisotopic (exact) mass is 326 g/mol. The van der Waals surface area contributed by atoms with Gasteiger partial charge in [-0.3, -0.25) is 0 Å². The fourth-order valence-electron chi connectivity index (χ4n) is 2.69. The highest BCUT2D eigenvalue weighted by Crippen LogP contribution is 2.20. The average Bonchev–Trinajstić information content (AvgIpc) is 2.99. The topological polar surface area (TPSA) is 82.5 Å². The molecule has 0 aliphatic rings. The lowest BCUT2D eigenvalue weighted by molar-refractivity contribution is 0.584. The Morgan fingerprint density at radius 2 is 2.04 bits per heavy atom. The summed E-state index contributed by atoms with van der Waals surface area (Å²) in [5.74, 6) is 1.21. The average molecular weight is 326 g/mol. The number of hydrogen-bond donors (Lipinski definition) is 1. The van der Waals surface area contributed by atoms with Gasteiger partial charge in [0, 0.05) is 18.0 Å². The van der Waals surface area contributed by atoms with Gasteiger partial charge in [0.05, 0.1) is 12.2 Å². The number of halogens is 1. The van der Waals surface area contributed by atoms with Crippen LogP contribution in [0.15, 0.2) is 30.6 Å². The van der Waals surface area contributed by atoms with Crippen LogP contribution in [-0.2, 0) is 13.0 Å². The molecule has 3 aromatic rings.